The van der Waals surface area contributed by atoms with E-state index in [2.05, 4.69) is 0 Å². The first kappa shape index (κ1) is 14.7. The SMILES string of the molecule is N#Cc1c(Cl)cccc1OCC(=O)N1CCCCCC1. The molecule has 1 aliphatic heterocycles. The number of amides is 1. The van der Waals surface area contributed by atoms with E-state index in [0.717, 1.165) is 25.9 Å². The van der Waals surface area contributed by atoms with Crippen molar-refractivity contribution in [3.8, 4) is 11.8 Å². The zero-order valence-corrected chi connectivity index (χ0v) is 12.0. The molecule has 0 aliphatic carbocycles. The molecule has 0 saturated carbocycles. The van der Waals surface area contributed by atoms with Gasteiger partial charge in [-0.25, -0.2) is 0 Å². The third kappa shape index (κ3) is 3.64. The summed E-state index contributed by atoms with van der Waals surface area (Å²) in [5, 5.41) is 9.38. The van der Waals surface area contributed by atoms with E-state index in [-0.39, 0.29) is 18.1 Å². The number of rotatable bonds is 3. The second-order valence-corrected chi connectivity index (χ2v) is 5.22. The van der Waals surface area contributed by atoms with Gasteiger partial charge in [0.05, 0.1) is 5.02 Å². The molecule has 106 valence electrons. The van der Waals surface area contributed by atoms with Crippen molar-refractivity contribution in [2.45, 2.75) is 25.7 Å². The van der Waals surface area contributed by atoms with Crippen molar-refractivity contribution in [2.24, 2.45) is 0 Å². The van der Waals surface area contributed by atoms with Crippen LogP contribution in [0.3, 0.4) is 0 Å². The van der Waals surface area contributed by atoms with Crippen LogP contribution in [-0.4, -0.2) is 30.5 Å². The van der Waals surface area contributed by atoms with Crippen LogP contribution >= 0.6 is 11.6 Å². The zero-order chi connectivity index (χ0) is 14.4. The van der Waals surface area contributed by atoms with Gasteiger partial charge in [0.2, 0.25) is 0 Å². The zero-order valence-electron chi connectivity index (χ0n) is 11.3. The number of carbonyl (C=O) groups is 1. The molecule has 1 saturated heterocycles. The van der Waals surface area contributed by atoms with E-state index >= 15 is 0 Å². The number of benzene rings is 1. The van der Waals surface area contributed by atoms with Gasteiger partial charge in [0.25, 0.3) is 5.91 Å². The first-order valence-corrected chi connectivity index (χ1v) is 7.19. The highest BCUT2D eigenvalue weighted by atomic mass is 35.5. The van der Waals surface area contributed by atoms with Crippen LogP contribution in [0.5, 0.6) is 5.75 Å². The fourth-order valence-electron chi connectivity index (χ4n) is 2.28. The maximum absolute atomic E-state index is 12.1. The van der Waals surface area contributed by atoms with Crippen molar-refractivity contribution in [1.82, 2.24) is 4.90 Å². The molecule has 5 heteroatoms. The normalized spacial score (nSPS) is 15.3. The summed E-state index contributed by atoms with van der Waals surface area (Å²) in [5.74, 6) is 0.332. The maximum Gasteiger partial charge on any atom is 0.260 e. The number of carbonyl (C=O) groups excluding carboxylic acids is 1. The van der Waals surface area contributed by atoms with Crippen LogP contribution in [0.25, 0.3) is 0 Å². The quantitative estimate of drug-likeness (QED) is 0.860. The molecule has 0 bridgehead atoms. The average Bonchev–Trinajstić information content (AvgIpc) is 2.74. The van der Waals surface area contributed by atoms with E-state index < -0.39 is 0 Å². The molecule has 1 fully saturated rings. The topological polar surface area (TPSA) is 53.3 Å². The number of hydrogen-bond donors (Lipinski definition) is 0. The molecule has 20 heavy (non-hydrogen) atoms. The van der Waals surface area contributed by atoms with Crippen molar-refractivity contribution in [1.29, 1.82) is 5.26 Å². The van der Waals surface area contributed by atoms with E-state index in [0.29, 0.717) is 10.8 Å². The minimum absolute atomic E-state index is 0.0317. The summed E-state index contributed by atoms with van der Waals surface area (Å²) in [6, 6.07) is 6.98. The summed E-state index contributed by atoms with van der Waals surface area (Å²) in [5.41, 5.74) is 0.276. The van der Waals surface area contributed by atoms with Crippen LogP contribution in [0.1, 0.15) is 31.2 Å². The van der Waals surface area contributed by atoms with E-state index in [4.69, 9.17) is 21.6 Å². The summed E-state index contributed by atoms with van der Waals surface area (Å²) in [6.45, 7) is 1.54. The molecule has 2 rings (SSSR count). The van der Waals surface area contributed by atoms with Gasteiger partial charge in [-0.1, -0.05) is 30.5 Å². The summed E-state index contributed by atoms with van der Waals surface area (Å²) in [6.07, 6.45) is 4.45. The minimum Gasteiger partial charge on any atom is -0.482 e. The molecule has 1 aromatic carbocycles. The molecule has 1 aromatic rings. The molecular weight excluding hydrogens is 276 g/mol. The third-order valence-electron chi connectivity index (χ3n) is 3.40. The Morgan fingerprint density at radius 2 is 2.00 bits per heavy atom. The van der Waals surface area contributed by atoms with E-state index in [9.17, 15) is 4.79 Å². The molecule has 0 atom stereocenters. The number of hydrogen-bond acceptors (Lipinski definition) is 3. The van der Waals surface area contributed by atoms with Crippen molar-refractivity contribution in [2.75, 3.05) is 19.7 Å². The van der Waals surface area contributed by atoms with Gasteiger partial charge < -0.3 is 9.64 Å². The van der Waals surface area contributed by atoms with Crippen LogP contribution in [0.4, 0.5) is 0 Å². The van der Waals surface area contributed by atoms with Crippen molar-refractivity contribution in [3.63, 3.8) is 0 Å². The summed E-state index contributed by atoms with van der Waals surface area (Å²) < 4.78 is 5.47. The second-order valence-electron chi connectivity index (χ2n) is 4.81. The lowest BCUT2D eigenvalue weighted by Gasteiger charge is -2.20. The van der Waals surface area contributed by atoms with Crippen molar-refractivity contribution >= 4 is 17.5 Å². The monoisotopic (exact) mass is 292 g/mol. The number of ether oxygens (including phenoxy) is 1. The Hall–Kier alpha value is -1.73. The van der Waals surface area contributed by atoms with Crippen LogP contribution in [0.2, 0.25) is 5.02 Å². The van der Waals surface area contributed by atoms with Gasteiger partial charge in [0.15, 0.2) is 6.61 Å². The van der Waals surface area contributed by atoms with E-state index in [1.807, 2.05) is 11.0 Å². The fourth-order valence-corrected chi connectivity index (χ4v) is 2.49. The highest BCUT2D eigenvalue weighted by Gasteiger charge is 2.17. The molecule has 0 unspecified atom stereocenters. The van der Waals surface area contributed by atoms with Crippen molar-refractivity contribution in [3.05, 3.63) is 28.8 Å². The summed E-state index contributed by atoms with van der Waals surface area (Å²) in [4.78, 5) is 13.9. The Labute approximate surface area is 123 Å². The maximum atomic E-state index is 12.1. The Kier molecular flexibility index (Phi) is 5.25. The number of nitrogens with zero attached hydrogens (tertiary/aromatic N) is 2. The van der Waals surface area contributed by atoms with Gasteiger partial charge in [-0.05, 0) is 25.0 Å². The van der Waals surface area contributed by atoms with Crippen LogP contribution in [0, 0.1) is 11.3 Å². The minimum atomic E-state index is -0.0466. The Morgan fingerprint density at radius 3 is 2.65 bits per heavy atom. The number of halogens is 1. The van der Waals surface area contributed by atoms with Gasteiger partial charge in [-0.15, -0.1) is 0 Å². The molecule has 0 N–H and O–H groups in total. The van der Waals surface area contributed by atoms with Gasteiger partial charge in [0, 0.05) is 13.1 Å². The van der Waals surface area contributed by atoms with Crippen molar-refractivity contribution < 1.29 is 9.53 Å². The lowest BCUT2D eigenvalue weighted by atomic mass is 10.2. The molecule has 0 spiro atoms. The standard InChI is InChI=1S/C15H17ClN2O2/c16-13-6-5-7-14(12(13)10-17)20-11-15(19)18-8-3-1-2-4-9-18/h5-7H,1-4,8-9,11H2. The Balaban J connectivity index is 1.96. The predicted molar refractivity (Wildman–Crippen MR) is 76.7 cm³/mol. The van der Waals surface area contributed by atoms with E-state index in [1.165, 1.54) is 12.8 Å². The number of likely N-dealkylation sites (tertiary alicyclic amines) is 1. The van der Waals surface area contributed by atoms with E-state index in [1.54, 1.807) is 18.2 Å². The van der Waals surface area contributed by atoms with Gasteiger partial charge >= 0.3 is 0 Å². The highest BCUT2D eigenvalue weighted by molar-refractivity contribution is 6.31. The Bertz CT molecular complexity index is 517. The largest absolute Gasteiger partial charge is 0.482 e. The fraction of sp³-hybridized carbons (Fsp3) is 0.467. The summed E-state index contributed by atoms with van der Waals surface area (Å²) >= 11 is 5.92. The number of nitriles is 1. The van der Waals surface area contributed by atoms with Gasteiger partial charge in [-0.3, -0.25) is 4.79 Å². The second kappa shape index (κ2) is 7.16. The van der Waals surface area contributed by atoms with Crippen LogP contribution in [0.15, 0.2) is 18.2 Å². The van der Waals surface area contributed by atoms with Gasteiger partial charge in [0.1, 0.15) is 17.4 Å². The molecule has 1 heterocycles. The van der Waals surface area contributed by atoms with Crippen LogP contribution in [-0.2, 0) is 4.79 Å². The molecule has 4 nitrogen and oxygen atoms in total. The Morgan fingerprint density at radius 1 is 1.30 bits per heavy atom. The molecular formula is C15H17ClN2O2. The molecule has 1 aliphatic rings. The molecule has 0 radical (unpaired) electrons. The van der Waals surface area contributed by atoms with Gasteiger partial charge in [-0.2, -0.15) is 5.26 Å². The predicted octanol–water partition coefficient (Wildman–Crippen LogP) is 2.99. The third-order valence-corrected chi connectivity index (χ3v) is 3.71. The first-order valence-electron chi connectivity index (χ1n) is 6.81. The highest BCUT2D eigenvalue weighted by Crippen LogP contribution is 2.25. The first-order chi connectivity index (χ1) is 9.72. The van der Waals surface area contributed by atoms with Crippen LogP contribution < -0.4 is 4.74 Å². The lowest BCUT2D eigenvalue weighted by molar-refractivity contribution is -0.133. The average molecular weight is 293 g/mol. The summed E-state index contributed by atoms with van der Waals surface area (Å²) in [7, 11) is 0. The molecule has 0 aromatic heterocycles. The lowest BCUT2D eigenvalue weighted by Crippen LogP contribution is -2.35. The smallest absolute Gasteiger partial charge is 0.260 e. The molecule has 1 amide bonds.